The second-order valence-corrected chi connectivity index (χ2v) is 6.17. The van der Waals surface area contributed by atoms with E-state index in [0.29, 0.717) is 6.42 Å². The summed E-state index contributed by atoms with van der Waals surface area (Å²) < 4.78 is 0. The zero-order valence-corrected chi connectivity index (χ0v) is 13.2. The smallest absolute Gasteiger partial charge is 0.219 e. The second kappa shape index (κ2) is 9.79. The van der Waals surface area contributed by atoms with Crippen LogP contribution in [0.3, 0.4) is 0 Å². The molecule has 106 valence electrons. The van der Waals surface area contributed by atoms with Crippen LogP contribution >= 0.6 is 15.9 Å². The summed E-state index contributed by atoms with van der Waals surface area (Å²) in [6, 6.07) is 0. The molecule has 0 radical (unpaired) electrons. The largest absolute Gasteiger partial charge is 0.356 e. The molecule has 0 aromatic carbocycles. The zero-order chi connectivity index (χ0) is 13.2. The van der Waals surface area contributed by atoms with Gasteiger partial charge in [-0.1, -0.05) is 22.9 Å². The van der Waals surface area contributed by atoms with Crippen molar-refractivity contribution in [3.63, 3.8) is 0 Å². The molecular weight excluding hydrogens is 292 g/mol. The van der Waals surface area contributed by atoms with Crippen LogP contribution in [0.4, 0.5) is 0 Å². The van der Waals surface area contributed by atoms with Gasteiger partial charge in [0.15, 0.2) is 0 Å². The van der Waals surface area contributed by atoms with E-state index in [9.17, 15) is 4.79 Å². The Morgan fingerprint density at radius 2 is 2.00 bits per heavy atom. The molecule has 0 saturated carbocycles. The number of hydrogen-bond acceptors (Lipinski definition) is 2. The predicted octanol–water partition coefficient (Wildman–Crippen LogP) is 2.79. The van der Waals surface area contributed by atoms with E-state index < -0.39 is 0 Å². The average molecular weight is 319 g/mol. The molecule has 0 spiro atoms. The minimum atomic E-state index is 0.211. The molecule has 1 amide bonds. The highest BCUT2D eigenvalue weighted by Crippen LogP contribution is 2.15. The van der Waals surface area contributed by atoms with Gasteiger partial charge < -0.3 is 10.2 Å². The van der Waals surface area contributed by atoms with Crippen molar-refractivity contribution in [1.29, 1.82) is 0 Å². The highest BCUT2D eigenvalue weighted by molar-refractivity contribution is 9.09. The van der Waals surface area contributed by atoms with Gasteiger partial charge >= 0.3 is 0 Å². The van der Waals surface area contributed by atoms with Crippen LogP contribution in [0.1, 0.15) is 45.4 Å². The first kappa shape index (κ1) is 16.0. The lowest BCUT2D eigenvalue weighted by atomic mass is 9.99. The topological polar surface area (TPSA) is 32.3 Å². The minimum absolute atomic E-state index is 0.211. The van der Waals surface area contributed by atoms with Crippen molar-refractivity contribution >= 4 is 21.8 Å². The van der Waals surface area contributed by atoms with Crippen molar-refractivity contribution in [3.8, 4) is 0 Å². The number of nitrogens with zero attached hydrogens (tertiary/aromatic N) is 1. The Kier molecular flexibility index (Phi) is 8.68. The third-order valence-corrected chi connectivity index (χ3v) is 4.20. The number of rotatable bonds is 8. The first-order valence-electron chi connectivity index (χ1n) is 7.27. The Labute approximate surface area is 120 Å². The molecule has 18 heavy (non-hydrogen) atoms. The van der Waals surface area contributed by atoms with Crippen LogP contribution in [-0.4, -0.2) is 42.3 Å². The summed E-state index contributed by atoms with van der Waals surface area (Å²) in [6.07, 6.45) is 6.49. The van der Waals surface area contributed by atoms with Gasteiger partial charge in [-0.3, -0.25) is 4.79 Å². The third kappa shape index (κ3) is 7.37. The van der Waals surface area contributed by atoms with Gasteiger partial charge in [-0.15, -0.1) is 0 Å². The fourth-order valence-electron chi connectivity index (χ4n) is 2.28. The van der Waals surface area contributed by atoms with Gasteiger partial charge in [0.25, 0.3) is 0 Å². The number of likely N-dealkylation sites (tertiary alicyclic amines) is 1. The minimum Gasteiger partial charge on any atom is -0.356 e. The van der Waals surface area contributed by atoms with Gasteiger partial charge in [0.1, 0.15) is 0 Å². The first-order chi connectivity index (χ1) is 8.72. The van der Waals surface area contributed by atoms with Gasteiger partial charge in [0, 0.05) is 18.3 Å². The average Bonchev–Trinajstić information content (AvgIpc) is 2.37. The number of amides is 1. The fraction of sp³-hybridized carbons (Fsp3) is 0.929. The first-order valence-corrected chi connectivity index (χ1v) is 8.39. The Bertz CT molecular complexity index is 228. The standard InChI is InChI=1S/C14H27BrN2O/c1-13-6-11-17(12-7-13)10-4-9-16-14(18)5-2-3-8-15/h13H,2-12H2,1H3,(H,16,18). The van der Waals surface area contributed by atoms with E-state index in [1.54, 1.807) is 0 Å². The van der Waals surface area contributed by atoms with Gasteiger partial charge in [0.2, 0.25) is 5.91 Å². The number of piperidine rings is 1. The fourth-order valence-corrected chi connectivity index (χ4v) is 2.68. The van der Waals surface area contributed by atoms with E-state index in [1.165, 1.54) is 25.9 Å². The Balaban J connectivity index is 1.93. The van der Waals surface area contributed by atoms with Crippen LogP contribution in [-0.2, 0) is 4.79 Å². The molecule has 0 aromatic heterocycles. The Hall–Kier alpha value is -0.0900. The molecule has 0 unspecified atom stereocenters. The highest BCUT2D eigenvalue weighted by atomic mass is 79.9. The second-order valence-electron chi connectivity index (χ2n) is 5.37. The third-order valence-electron chi connectivity index (χ3n) is 3.64. The van der Waals surface area contributed by atoms with E-state index in [4.69, 9.17) is 0 Å². The van der Waals surface area contributed by atoms with Crippen LogP contribution in [0, 0.1) is 5.92 Å². The summed E-state index contributed by atoms with van der Waals surface area (Å²) in [5.74, 6) is 1.11. The summed E-state index contributed by atoms with van der Waals surface area (Å²) in [4.78, 5) is 14.0. The van der Waals surface area contributed by atoms with Crippen molar-refractivity contribution in [2.75, 3.05) is 31.5 Å². The molecule has 1 aliphatic rings. The van der Waals surface area contributed by atoms with Gasteiger partial charge in [-0.05, 0) is 57.7 Å². The Morgan fingerprint density at radius 3 is 2.67 bits per heavy atom. The molecule has 4 heteroatoms. The molecule has 1 saturated heterocycles. The molecule has 3 nitrogen and oxygen atoms in total. The van der Waals surface area contributed by atoms with E-state index in [-0.39, 0.29) is 5.91 Å². The molecule has 0 aliphatic carbocycles. The van der Waals surface area contributed by atoms with Gasteiger partial charge in [-0.2, -0.15) is 0 Å². The summed E-state index contributed by atoms with van der Waals surface area (Å²) in [7, 11) is 0. The van der Waals surface area contributed by atoms with Crippen molar-refractivity contribution < 1.29 is 4.79 Å². The molecular formula is C14H27BrN2O. The predicted molar refractivity (Wildman–Crippen MR) is 80.1 cm³/mol. The summed E-state index contributed by atoms with van der Waals surface area (Å²) >= 11 is 3.37. The molecule has 1 fully saturated rings. The molecule has 1 rings (SSSR count). The molecule has 1 heterocycles. The number of carbonyl (C=O) groups excluding carboxylic acids is 1. The van der Waals surface area contributed by atoms with Crippen molar-refractivity contribution in [1.82, 2.24) is 10.2 Å². The normalized spacial score (nSPS) is 17.9. The molecule has 1 aliphatic heterocycles. The van der Waals surface area contributed by atoms with Gasteiger partial charge in [0.05, 0.1) is 0 Å². The molecule has 0 aromatic rings. The number of alkyl halides is 1. The lowest BCUT2D eigenvalue weighted by Gasteiger charge is -2.30. The maximum absolute atomic E-state index is 11.5. The van der Waals surface area contributed by atoms with Crippen LogP contribution in [0.15, 0.2) is 0 Å². The quantitative estimate of drug-likeness (QED) is 0.551. The SMILES string of the molecule is CC1CCN(CCCNC(=O)CCCCBr)CC1. The number of unbranched alkanes of at least 4 members (excludes halogenated alkanes) is 1. The van der Waals surface area contributed by atoms with E-state index >= 15 is 0 Å². The van der Waals surface area contributed by atoms with Crippen LogP contribution in [0.5, 0.6) is 0 Å². The summed E-state index contributed by atoms with van der Waals surface area (Å²) in [5, 5.41) is 4.00. The van der Waals surface area contributed by atoms with Crippen molar-refractivity contribution in [3.05, 3.63) is 0 Å². The zero-order valence-electron chi connectivity index (χ0n) is 11.6. The summed E-state index contributed by atoms with van der Waals surface area (Å²) in [6.45, 7) is 6.78. The van der Waals surface area contributed by atoms with Crippen molar-refractivity contribution in [2.24, 2.45) is 5.92 Å². The maximum Gasteiger partial charge on any atom is 0.219 e. The summed E-state index contributed by atoms with van der Waals surface area (Å²) in [5.41, 5.74) is 0. The number of hydrogen-bond donors (Lipinski definition) is 1. The maximum atomic E-state index is 11.5. The molecule has 0 bridgehead atoms. The van der Waals surface area contributed by atoms with Crippen LogP contribution in [0.25, 0.3) is 0 Å². The Morgan fingerprint density at radius 1 is 1.28 bits per heavy atom. The lowest BCUT2D eigenvalue weighted by molar-refractivity contribution is -0.121. The van der Waals surface area contributed by atoms with E-state index in [1.807, 2.05) is 0 Å². The lowest BCUT2D eigenvalue weighted by Crippen LogP contribution is -2.35. The van der Waals surface area contributed by atoms with Crippen molar-refractivity contribution in [2.45, 2.75) is 45.4 Å². The molecule has 1 N–H and O–H groups in total. The van der Waals surface area contributed by atoms with Crippen LogP contribution in [0.2, 0.25) is 0 Å². The van der Waals surface area contributed by atoms with E-state index in [2.05, 4.69) is 33.1 Å². The number of nitrogens with one attached hydrogen (secondary N) is 1. The highest BCUT2D eigenvalue weighted by Gasteiger charge is 2.14. The number of carbonyl (C=O) groups is 1. The number of halogens is 1. The monoisotopic (exact) mass is 318 g/mol. The van der Waals surface area contributed by atoms with Gasteiger partial charge in [-0.25, -0.2) is 0 Å². The molecule has 0 atom stereocenters. The van der Waals surface area contributed by atoms with E-state index in [0.717, 1.165) is 43.6 Å². The van der Waals surface area contributed by atoms with Crippen LogP contribution < -0.4 is 5.32 Å².